The Kier molecular flexibility index (Phi) is 8.17. The molecule has 0 aliphatic carbocycles. The van der Waals surface area contributed by atoms with Gasteiger partial charge in [0.05, 0.1) is 11.6 Å². The highest BCUT2D eigenvalue weighted by atomic mass is 16.5. The van der Waals surface area contributed by atoms with Crippen molar-refractivity contribution in [3.63, 3.8) is 0 Å². The molecular formula is C13H28N2O2. The van der Waals surface area contributed by atoms with E-state index in [2.05, 4.69) is 17.6 Å². The molecule has 0 aromatic heterocycles. The van der Waals surface area contributed by atoms with Crippen LogP contribution in [0.5, 0.6) is 0 Å². The van der Waals surface area contributed by atoms with Gasteiger partial charge in [-0.3, -0.25) is 4.79 Å². The maximum absolute atomic E-state index is 11.7. The van der Waals surface area contributed by atoms with Crippen LogP contribution >= 0.6 is 0 Å². The van der Waals surface area contributed by atoms with Crippen LogP contribution < -0.4 is 10.6 Å². The van der Waals surface area contributed by atoms with Crippen LogP contribution in [0.3, 0.4) is 0 Å². The minimum atomic E-state index is -0.239. The smallest absolute Gasteiger partial charge is 0.236 e. The quantitative estimate of drug-likeness (QED) is 0.607. The molecule has 0 aliphatic heterocycles. The van der Waals surface area contributed by atoms with Gasteiger partial charge in [-0.2, -0.15) is 0 Å². The summed E-state index contributed by atoms with van der Waals surface area (Å²) in [4.78, 5) is 11.7. The number of amides is 1. The predicted molar refractivity (Wildman–Crippen MR) is 71.1 cm³/mol. The van der Waals surface area contributed by atoms with Gasteiger partial charge in [-0.1, -0.05) is 19.8 Å². The molecule has 102 valence electrons. The van der Waals surface area contributed by atoms with Gasteiger partial charge in [0.25, 0.3) is 0 Å². The van der Waals surface area contributed by atoms with Gasteiger partial charge in [0.15, 0.2) is 0 Å². The zero-order valence-corrected chi connectivity index (χ0v) is 11.9. The lowest BCUT2D eigenvalue weighted by Gasteiger charge is -2.25. The first kappa shape index (κ1) is 16.4. The van der Waals surface area contributed by atoms with Crippen molar-refractivity contribution in [3.05, 3.63) is 0 Å². The lowest BCUT2D eigenvalue weighted by atomic mass is 10.1. The number of carbonyl (C=O) groups excluding carboxylic acids is 1. The summed E-state index contributed by atoms with van der Waals surface area (Å²) in [6.45, 7) is 9.44. The average molecular weight is 244 g/mol. The molecule has 1 atom stereocenters. The van der Waals surface area contributed by atoms with E-state index in [1.807, 2.05) is 20.8 Å². The Hall–Kier alpha value is -0.610. The molecule has 0 aromatic carbocycles. The van der Waals surface area contributed by atoms with E-state index in [0.717, 1.165) is 13.0 Å². The number of unbranched alkanes of at least 4 members (excludes halogenated alkanes) is 2. The molecule has 0 rings (SSSR count). The van der Waals surface area contributed by atoms with Crippen LogP contribution in [0.1, 0.15) is 47.0 Å². The first-order valence-corrected chi connectivity index (χ1v) is 6.49. The molecule has 17 heavy (non-hydrogen) atoms. The summed E-state index contributed by atoms with van der Waals surface area (Å²) in [6.07, 6.45) is 3.39. The zero-order chi connectivity index (χ0) is 13.3. The summed E-state index contributed by atoms with van der Waals surface area (Å²) in [7, 11) is 1.68. The van der Waals surface area contributed by atoms with Crippen LogP contribution in [-0.4, -0.2) is 37.7 Å². The second-order valence-corrected chi connectivity index (χ2v) is 5.06. The molecule has 0 saturated heterocycles. The molecule has 0 aromatic rings. The Morgan fingerprint density at radius 1 is 1.35 bits per heavy atom. The summed E-state index contributed by atoms with van der Waals surface area (Å²) in [5.74, 6) is 0.0630. The first-order chi connectivity index (χ1) is 7.93. The van der Waals surface area contributed by atoms with E-state index in [1.54, 1.807) is 7.11 Å². The number of ether oxygens (including phenoxy) is 1. The van der Waals surface area contributed by atoms with Crippen molar-refractivity contribution in [2.45, 2.75) is 58.6 Å². The molecule has 4 nitrogen and oxygen atoms in total. The summed E-state index contributed by atoms with van der Waals surface area (Å²) < 4.78 is 5.29. The van der Waals surface area contributed by atoms with E-state index >= 15 is 0 Å². The number of methoxy groups -OCH3 is 1. The second kappa shape index (κ2) is 8.48. The van der Waals surface area contributed by atoms with Crippen LogP contribution in [-0.2, 0) is 9.53 Å². The summed E-state index contributed by atoms with van der Waals surface area (Å²) in [5.41, 5.74) is -0.239. The van der Waals surface area contributed by atoms with E-state index in [-0.39, 0.29) is 17.6 Å². The van der Waals surface area contributed by atoms with Crippen LogP contribution in [0.25, 0.3) is 0 Å². The molecule has 1 unspecified atom stereocenters. The van der Waals surface area contributed by atoms with Crippen molar-refractivity contribution in [2.75, 3.05) is 20.2 Å². The van der Waals surface area contributed by atoms with Crippen molar-refractivity contribution in [2.24, 2.45) is 0 Å². The van der Waals surface area contributed by atoms with E-state index in [9.17, 15) is 4.79 Å². The lowest BCUT2D eigenvalue weighted by Crippen LogP contribution is -2.47. The third kappa shape index (κ3) is 8.16. The van der Waals surface area contributed by atoms with E-state index in [1.165, 1.54) is 12.8 Å². The third-order valence-electron chi connectivity index (χ3n) is 2.86. The van der Waals surface area contributed by atoms with Crippen LogP contribution in [0.4, 0.5) is 0 Å². The van der Waals surface area contributed by atoms with Crippen LogP contribution in [0.2, 0.25) is 0 Å². The molecule has 0 radical (unpaired) electrons. The molecule has 4 heteroatoms. The van der Waals surface area contributed by atoms with E-state index < -0.39 is 0 Å². The highest BCUT2D eigenvalue weighted by Crippen LogP contribution is 2.05. The summed E-state index contributed by atoms with van der Waals surface area (Å²) in [6, 6.07) is -0.175. The molecule has 0 saturated carbocycles. The van der Waals surface area contributed by atoms with E-state index in [4.69, 9.17) is 4.74 Å². The molecule has 1 amide bonds. The molecule has 0 aliphatic rings. The normalized spacial score (nSPS) is 13.5. The standard InChI is InChI=1S/C13H28N2O2/c1-6-7-8-9-14-12(16)11(2)15-10-13(3,4)17-5/h11,15H,6-10H2,1-5H3,(H,14,16). The molecule has 0 bridgehead atoms. The first-order valence-electron chi connectivity index (χ1n) is 6.49. The fourth-order valence-corrected chi connectivity index (χ4v) is 1.30. The van der Waals surface area contributed by atoms with Crippen molar-refractivity contribution in [3.8, 4) is 0 Å². The molecule has 0 spiro atoms. The maximum Gasteiger partial charge on any atom is 0.236 e. The number of rotatable bonds is 9. The van der Waals surface area contributed by atoms with Gasteiger partial charge in [0, 0.05) is 20.2 Å². The van der Waals surface area contributed by atoms with Gasteiger partial charge in [0.1, 0.15) is 0 Å². The maximum atomic E-state index is 11.7. The minimum absolute atomic E-state index is 0.0630. The minimum Gasteiger partial charge on any atom is -0.377 e. The SMILES string of the molecule is CCCCCNC(=O)C(C)NCC(C)(C)OC. The Morgan fingerprint density at radius 3 is 2.53 bits per heavy atom. The van der Waals surface area contributed by atoms with Crippen molar-refractivity contribution >= 4 is 5.91 Å². The third-order valence-corrected chi connectivity index (χ3v) is 2.86. The summed E-state index contributed by atoms with van der Waals surface area (Å²) >= 11 is 0. The Bertz CT molecular complexity index is 217. The highest BCUT2D eigenvalue weighted by Gasteiger charge is 2.19. The fraction of sp³-hybridized carbons (Fsp3) is 0.923. The highest BCUT2D eigenvalue weighted by molar-refractivity contribution is 5.81. The fourth-order valence-electron chi connectivity index (χ4n) is 1.30. The molecule has 0 heterocycles. The van der Waals surface area contributed by atoms with Gasteiger partial charge in [-0.05, 0) is 27.2 Å². The second-order valence-electron chi connectivity index (χ2n) is 5.06. The topological polar surface area (TPSA) is 50.4 Å². The van der Waals surface area contributed by atoms with Crippen molar-refractivity contribution < 1.29 is 9.53 Å². The van der Waals surface area contributed by atoms with Crippen LogP contribution in [0, 0.1) is 0 Å². The molecule has 2 N–H and O–H groups in total. The predicted octanol–water partition coefficient (Wildman–Crippen LogP) is 1.70. The lowest BCUT2D eigenvalue weighted by molar-refractivity contribution is -0.123. The van der Waals surface area contributed by atoms with Gasteiger partial charge < -0.3 is 15.4 Å². The van der Waals surface area contributed by atoms with Crippen molar-refractivity contribution in [1.29, 1.82) is 0 Å². The number of nitrogens with one attached hydrogen (secondary N) is 2. The number of hydrogen-bond donors (Lipinski definition) is 2. The van der Waals surface area contributed by atoms with Gasteiger partial charge in [-0.15, -0.1) is 0 Å². The Morgan fingerprint density at radius 2 is 2.00 bits per heavy atom. The zero-order valence-electron chi connectivity index (χ0n) is 11.9. The Labute approximate surface area is 105 Å². The Balaban J connectivity index is 3.74. The monoisotopic (exact) mass is 244 g/mol. The largest absolute Gasteiger partial charge is 0.377 e. The van der Waals surface area contributed by atoms with E-state index in [0.29, 0.717) is 6.54 Å². The number of carbonyl (C=O) groups is 1. The molecule has 0 fully saturated rings. The summed E-state index contributed by atoms with van der Waals surface area (Å²) in [5, 5.41) is 6.11. The average Bonchev–Trinajstić information content (AvgIpc) is 2.31. The van der Waals surface area contributed by atoms with Crippen LogP contribution in [0.15, 0.2) is 0 Å². The molecular weight excluding hydrogens is 216 g/mol. The van der Waals surface area contributed by atoms with Gasteiger partial charge >= 0.3 is 0 Å². The van der Waals surface area contributed by atoms with Gasteiger partial charge in [-0.25, -0.2) is 0 Å². The number of hydrogen-bond acceptors (Lipinski definition) is 3. The van der Waals surface area contributed by atoms with Gasteiger partial charge in [0.2, 0.25) is 5.91 Å². The van der Waals surface area contributed by atoms with Crippen molar-refractivity contribution in [1.82, 2.24) is 10.6 Å².